The van der Waals surface area contributed by atoms with Crippen molar-refractivity contribution in [3.05, 3.63) is 51.7 Å². The normalized spacial score (nSPS) is 19.4. The van der Waals surface area contributed by atoms with E-state index in [0.29, 0.717) is 22.3 Å². The average Bonchev–Trinajstić information content (AvgIpc) is 3.38. The van der Waals surface area contributed by atoms with Crippen LogP contribution in [0, 0.1) is 10.1 Å². The molecule has 0 spiro atoms. The van der Waals surface area contributed by atoms with Gasteiger partial charge in [-0.1, -0.05) is 19.3 Å². The molecule has 0 aromatic carbocycles. The van der Waals surface area contributed by atoms with Crippen molar-refractivity contribution in [3.63, 3.8) is 0 Å². The Bertz CT molecular complexity index is 957. The van der Waals surface area contributed by atoms with Crippen LogP contribution in [0.3, 0.4) is 0 Å². The molecule has 1 amide bonds. The van der Waals surface area contributed by atoms with E-state index < -0.39 is 4.92 Å². The van der Waals surface area contributed by atoms with Gasteiger partial charge >= 0.3 is 5.82 Å². The van der Waals surface area contributed by atoms with Crippen LogP contribution in [0.5, 0.6) is 0 Å². The fourth-order valence-electron chi connectivity index (χ4n) is 3.61. The number of nitrogens with one attached hydrogen (secondary N) is 1. The highest BCUT2D eigenvalue weighted by Gasteiger charge is 2.36. The number of furan rings is 1. The highest BCUT2D eigenvalue weighted by Crippen LogP contribution is 2.27. The molecule has 10 heteroatoms. The van der Waals surface area contributed by atoms with Crippen LogP contribution in [0.15, 0.2) is 34.5 Å². The second-order valence-corrected chi connectivity index (χ2v) is 7.27. The smallest absolute Gasteiger partial charge is 0.389 e. The molecule has 2 aromatic rings. The summed E-state index contributed by atoms with van der Waals surface area (Å²) in [6.45, 7) is 0.255. The van der Waals surface area contributed by atoms with E-state index in [0.717, 1.165) is 25.7 Å². The number of hydrogen-bond acceptors (Lipinski definition) is 6. The molecular formula is C18H19N5O4S. The predicted octanol–water partition coefficient (Wildman–Crippen LogP) is 2.82. The van der Waals surface area contributed by atoms with Crippen molar-refractivity contribution in [3.8, 4) is 0 Å². The number of nitrogens with zero attached hydrogens (tertiary/aromatic N) is 4. The molecule has 1 saturated carbocycles. The molecule has 2 aliphatic rings. The SMILES string of the molecule is O=C1/C(=C\c2ccc(Cn3ccc([N+](=O)[O-])n3)o2)NC(=S)N1C1CCCCC1. The first-order chi connectivity index (χ1) is 13.5. The maximum absolute atomic E-state index is 12.8. The van der Waals surface area contributed by atoms with E-state index >= 15 is 0 Å². The van der Waals surface area contributed by atoms with Gasteiger partial charge in [-0.2, -0.15) is 4.68 Å². The van der Waals surface area contributed by atoms with Gasteiger partial charge in [0.15, 0.2) is 5.11 Å². The molecule has 2 aromatic heterocycles. The van der Waals surface area contributed by atoms with E-state index in [9.17, 15) is 14.9 Å². The summed E-state index contributed by atoms with van der Waals surface area (Å²) in [5.41, 5.74) is 0.395. The molecule has 0 atom stereocenters. The average molecular weight is 401 g/mol. The lowest BCUT2D eigenvalue weighted by Crippen LogP contribution is -2.41. The maximum atomic E-state index is 12.8. The van der Waals surface area contributed by atoms with Gasteiger partial charge in [-0.25, -0.2) is 0 Å². The number of rotatable bonds is 5. The third-order valence-corrected chi connectivity index (χ3v) is 5.25. The number of hydrogen-bond donors (Lipinski definition) is 1. The molecule has 3 heterocycles. The van der Waals surface area contributed by atoms with Crippen molar-refractivity contribution >= 4 is 35.1 Å². The third-order valence-electron chi connectivity index (χ3n) is 4.95. The van der Waals surface area contributed by atoms with Gasteiger partial charge in [-0.05, 0) is 42.1 Å². The molecule has 1 aliphatic heterocycles. The van der Waals surface area contributed by atoms with E-state index in [1.807, 2.05) is 0 Å². The second kappa shape index (κ2) is 7.55. The molecule has 9 nitrogen and oxygen atoms in total. The van der Waals surface area contributed by atoms with Crippen molar-refractivity contribution in [2.45, 2.75) is 44.7 Å². The number of carbonyl (C=O) groups is 1. The zero-order valence-electron chi connectivity index (χ0n) is 15.0. The molecular weight excluding hydrogens is 382 g/mol. The van der Waals surface area contributed by atoms with Gasteiger partial charge in [0.25, 0.3) is 5.91 Å². The highest BCUT2D eigenvalue weighted by atomic mass is 32.1. The summed E-state index contributed by atoms with van der Waals surface area (Å²) in [6.07, 6.45) is 8.53. The molecule has 1 N–H and O–H groups in total. The number of thiocarbonyl (C=S) groups is 1. The Morgan fingerprint density at radius 2 is 2.11 bits per heavy atom. The first-order valence-corrected chi connectivity index (χ1v) is 9.55. The Morgan fingerprint density at radius 1 is 1.32 bits per heavy atom. The Balaban J connectivity index is 1.46. The van der Waals surface area contributed by atoms with Crippen LogP contribution in [0.1, 0.15) is 43.6 Å². The molecule has 0 radical (unpaired) electrons. The van der Waals surface area contributed by atoms with Crippen LogP contribution in [0.25, 0.3) is 6.08 Å². The summed E-state index contributed by atoms with van der Waals surface area (Å²) in [7, 11) is 0. The molecule has 28 heavy (non-hydrogen) atoms. The van der Waals surface area contributed by atoms with Gasteiger partial charge in [-0.3, -0.25) is 9.69 Å². The van der Waals surface area contributed by atoms with Crippen LogP contribution in [0.4, 0.5) is 5.82 Å². The molecule has 2 fully saturated rings. The van der Waals surface area contributed by atoms with Gasteiger partial charge in [-0.15, -0.1) is 0 Å². The van der Waals surface area contributed by atoms with E-state index in [1.54, 1.807) is 23.1 Å². The Hall–Kier alpha value is -3.01. The van der Waals surface area contributed by atoms with Gasteiger partial charge in [0.1, 0.15) is 23.8 Å². The van der Waals surface area contributed by atoms with Crippen molar-refractivity contribution < 1.29 is 14.1 Å². The van der Waals surface area contributed by atoms with Gasteiger partial charge in [0.2, 0.25) is 0 Å². The number of aromatic nitrogens is 2. The number of carbonyl (C=O) groups excluding carboxylic acids is 1. The molecule has 146 valence electrons. The Labute approximate surface area is 166 Å². The summed E-state index contributed by atoms with van der Waals surface area (Å²) < 4.78 is 7.15. The first-order valence-electron chi connectivity index (χ1n) is 9.14. The largest absolute Gasteiger partial charge is 0.460 e. The van der Waals surface area contributed by atoms with Crippen molar-refractivity contribution in [1.82, 2.24) is 20.0 Å². The summed E-state index contributed by atoms with van der Waals surface area (Å²) in [6, 6.07) is 4.97. The van der Waals surface area contributed by atoms with E-state index in [4.69, 9.17) is 16.6 Å². The van der Waals surface area contributed by atoms with Crippen LogP contribution < -0.4 is 5.32 Å². The van der Waals surface area contributed by atoms with E-state index in [-0.39, 0.29) is 24.3 Å². The topological polar surface area (TPSA) is 106 Å². The highest BCUT2D eigenvalue weighted by molar-refractivity contribution is 7.80. The van der Waals surface area contributed by atoms with E-state index in [1.165, 1.54) is 23.4 Å². The summed E-state index contributed by atoms with van der Waals surface area (Å²) in [5, 5.41) is 18.0. The second-order valence-electron chi connectivity index (χ2n) is 6.89. The van der Waals surface area contributed by atoms with Gasteiger partial charge < -0.3 is 19.8 Å². The van der Waals surface area contributed by atoms with Crippen molar-refractivity contribution in [2.24, 2.45) is 0 Å². The third kappa shape index (κ3) is 3.68. The van der Waals surface area contributed by atoms with Crippen LogP contribution >= 0.6 is 12.2 Å². The van der Waals surface area contributed by atoms with Gasteiger partial charge in [0.05, 0.1) is 17.4 Å². The first kappa shape index (κ1) is 18.4. The summed E-state index contributed by atoms with van der Waals surface area (Å²) in [4.78, 5) is 24.6. The standard InChI is InChI=1S/C18H19N5O4S/c24-17-15(19-18(28)22(17)12-4-2-1-3-5-12)10-13-6-7-14(27-13)11-21-9-8-16(20-21)23(25)26/h6-10,12H,1-5,11H2,(H,19,28)/b15-10+. The zero-order valence-corrected chi connectivity index (χ0v) is 15.9. The lowest BCUT2D eigenvalue weighted by Gasteiger charge is -2.29. The zero-order chi connectivity index (χ0) is 19.7. The predicted molar refractivity (Wildman–Crippen MR) is 104 cm³/mol. The fourth-order valence-corrected chi connectivity index (χ4v) is 3.96. The summed E-state index contributed by atoms with van der Waals surface area (Å²) in [5.74, 6) is 0.728. The monoisotopic (exact) mass is 401 g/mol. The number of nitro groups is 1. The van der Waals surface area contributed by atoms with Gasteiger partial charge in [0, 0.05) is 12.1 Å². The van der Waals surface area contributed by atoms with Crippen molar-refractivity contribution in [2.75, 3.05) is 0 Å². The lowest BCUT2D eigenvalue weighted by molar-refractivity contribution is -0.389. The maximum Gasteiger partial charge on any atom is 0.389 e. The van der Waals surface area contributed by atoms with Crippen LogP contribution in [0.2, 0.25) is 0 Å². The molecule has 0 unspecified atom stereocenters. The minimum Gasteiger partial charge on any atom is -0.460 e. The van der Waals surface area contributed by atoms with Crippen molar-refractivity contribution in [1.29, 1.82) is 0 Å². The molecule has 1 aliphatic carbocycles. The summed E-state index contributed by atoms with van der Waals surface area (Å²) >= 11 is 5.36. The fraction of sp³-hybridized carbons (Fsp3) is 0.389. The van der Waals surface area contributed by atoms with Crippen LogP contribution in [-0.2, 0) is 11.3 Å². The van der Waals surface area contributed by atoms with Crippen LogP contribution in [-0.4, -0.2) is 36.7 Å². The molecule has 0 bridgehead atoms. The van der Waals surface area contributed by atoms with E-state index in [2.05, 4.69) is 10.4 Å². The minimum atomic E-state index is -0.549. The minimum absolute atomic E-state index is 0.127. The molecule has 1 saturated heterocycles. The number of amides is 1. The quantitative estimate of drug-likeness (QED) is 0.355. The lowest BCUT2D eigenvalue weighted by atomic mass is 9.94. The Kier molecular flexibility index (Phi) is 4.95. The Morgan fingerprint density at radius 3 is 2.82 bits per heavy atom. The molecule has 4 rings (SSSR count).